The van der Waals surface area contributed by atoms with Crippen molar-refractivity contribution in [3.63, 3.8) is 0 Å². The van der Waals surface area contributed by atoms with Crippen molar-refractivity contribution in [1.29, 1.82) is 0 Å². The van der Waals surface area contributed by atoms with E-state index in [0.717, 1.165) is 11.3 Å². The predicted octanol–water partition coefficient (Wildman–Crippen LogP) is 3.69. The van der Waals surface area contributed by atoms with Crippen molar-refractivity contribution in [3.05, 3.63) is 70.6 Å². The Morgan fingerprint density at radius 2 is 1.92 bits per heavy atom. The first kappa shape index (κ1) is 16.9. The molecule has 2 aromatic heterocycles. The molecular weight excluding hydrogens is 343 g/mol. The average molecular weight is 356 g/mol. The van der Waals surface area contributed by atoms with Crippen molar-refractivity contribution in [1.82, 2.24) is 9.97 Å². The minimum Gasteiger partial charge on any atom is -0.453 e. The van der Waals surface area contributed by atoms with Crippen LogP contribution in [0.2, 0.25) is 0 Å². The first-order chi connectivity index (χ1) is 12.1. The summed E-state index contributed by atoms with van der Waals surface area (Å²) in [5, 5.41) is 0.588. The summed E-state index contributed by atoms with van der Waals surface area (Å²) in [6, 6.07) is 11.0. The van der Waals surface area contributed by atoms with E-state index in [1.807, 2.05) is 6.07 Å². The van der Waals surface area contributed by atoms with Gasteiger partial charge in [-0.3, -0.25) is 9.78 Å². The predicted molar refractivity (Wildman–Crippen MR) is 91.1 cm³/mol. The van der Waals surface area contributed by atoms with Gasteiger partial charge < -0.3 is 4.74 Å². The number of Topliss-reactive ketones (excluding diaryl/α,β-unsaturated/α-hetero) is 1. The number of ether oxygens (including phenoxy) is 1. The standard InChI is InChI=1S/C18H13FN2O3S/c1-11-16(25-17(21-11)14-8-4-5-9-20-14)18(23)24-10-15(22)12-6-2-3-7-13(12)19/h2-9H,10H2,1H3. The Hall–Kier alpha value is -2.93. The van der Waals surface area contributed by atoms with Gasteiger partial charge in [0.05, 0.1) is 17.0 Å². The first-order valence-corrected chi connectivity index (χ1v) is 8.21. The molecule has 0 saturated carbocycles. The van der Waals surface area contributed by atoms with Gasteiger partial charge in [-0.2, -0.15) is 0 Å². The van der Waals surface area contributed by atoms with Crippen LogP contribution in [0.3, 0.4) is 0 Å². The number of ketones is 1. The number of esters is 1. The highest BCUT2D eigenvalue weighted by Gasteiger charge is 2.20. The number of hydrogen-bond donors (Lipinski definition) is 0. The third-order valence-electron chi connectivity index (χ3n) is 3.37. The van der Waals surface area contributed by atoms with Crippen LogP contribution in [-0.4, -0.2) is 28.3 Å². The molecule has 3 rings (SSSR count). The molecule has 0 fully saturated rings. The summed E-state index contributed by atoms with van der Waals surface area (Å²) in [7, 11) is 0. The number of carbonyl (C=O) groups excluding carboxylic acids is 2. The van der Waals surface area contributed by atoms with Gasteiger partial charge in [-0.15, -0.1) is 11.3 Å². The number of rotatable bonds is 5. The number of carbonyl (C=O) groups is 2. The van der Waals surface area contributed by atoms with Gasteiger partial charge in [0.1, 0.15) is 15.7 Å². The zero-order chi connectivity index (χ0) is 17.8. The molecule has 0 aliphatic carbocycles. The minimum absolute atomic E-state index is 0.106. The monoisotopic (exact) mass is 356 g/mol. The van der Waals surface area contributed by atoms with Gasteiger partial charge in [-0.1, -0.05) is 18.2 Å². The fourth-order valence-corrected chi connectivity index (χ4v) is 3.08. The first-order valence-electron chi connectivity index (χ1n) is 7.40. The minimum atomic E-state index is -0.665. The lowest BCUT2D eigenvalue weighted by atomic mass is 10.1. The highest BCUT2D eigenvalue weighted by Crippen LogP contribution is 2.26. The fraction of sp³-hybridized carbons (Fsp3) is 0.111. The summed E-state index contributed by atoms with van der Waals surface area (Å²) in [6.45, 7) is 1.15. The summed E-state index contributed by atoms with van der Waals surface area (Å²) < 4.78 is 18.6. The van der Waals surface area contributed by atoms with Crippen LogP contribution in [0.15, 0.2) is 48.7 Å². The molecular formula is C18H13FN2O3S. The second-order valence-corrected chi connectivity index (χ2v) is 6.13. The maximum atomic E-state index is 13.6. The Morgan fingerprint density at radius 3 is 2.64 bits per heavy atom. The van der Waals surface area contributed by atoms with Gasteiger partial charge in [-0.05, 0) is 31.2 Å². The average Bonchev–Trinajstić information content (AvgIpc) is 3.02. The normalized spacial score (nSPS) is 10.5. The lowest BCUT2D eigenvalue weighted by Crippen LogP contribution is -2.15. The molecule has 5 nitrogen and oxygen atoms in total. The van der Waals surface area contributed by atoms with Crippen molar-refractivity contribution >= 4 is 23.1 Å². The molecule has 0 atom stereocenters. The van der Waals surface area contributed by atoms with E-state index in [1.54, 1.807) is 31.3 Å². The molecule has 0 radical (unpaired) electrons. The Balaban J connectivity index is 1.71. The largest absolute Gasteiger partial charge is 0.453 e. The second-order valence-electron chi connectivity index (χ2n) is 5.13. The van der Waals surface area contributed by atoms with Gasteiger partial charge in [0, 0.05) is 6.20 Å². The van der Waals surface area contributed by atoms with Crippen molar-refractivity contribution in [2.45, 2.75) is 6.92 Å². The van der Waals surface area contributed by atoms with Crippen LogP contribution in [-0.2, 0) is 4.74 Å². The van der Waals surface area contributed by atoms with E-state index in [0.29, 0.717) is 21.3 Å². The van der Waals surface area contributed by atoms with Crippen LogP contribution >= 0.6 is 11.3 Å². The van der Waals surface area contributed by atoms with Crippen molar-refractivity contribution in [2.75, 3.05) is 6.61 Å². The van der Waals surface area contributed by atoms with Crippen LogP contribution in [0.25, 0.3) is 10.7 Å². The quantitative estimate of drug-likeness (QED) is 0.515. The number of thiazole rings is 1. The van der Waals surface area contributed by atoms with Crippen LogP contribution < -0.4 is 0 Å². The molecule has 0 aliphatic rings. The number of pyridine rings is 1. The van der Waals surface area contributed by atoms with E-state index in [9.17, 15) is 14.0 Å². The van der Waals surface area contributed by atoms with Crippen molar-refractivity contribution in [3.8, 4) is 10.7 Å². The van der Waals surface area contributed by atoms with Crippen LogP contribution in [0.4, 0.5) is 4.39 Å². The molecule has 25 heavy (non-hydrogen) atoms. The van der Waals surface area contributed by atoms with E-state index >= 15 is 0 Å². The van der Waals surface area contributed by atoms with Gasteiger partial charge >= 0.3 is 5.97 Å². The van der Waals surface area contributed by atoms with E-state index < -0.39 is 24.2 Å². The van der Waals surface area contributed by atoms with Crippen LogP contribution in [0.1, 0.15) is 25.7 Å². The molecule has 1 aromatic carbocycles. The third-order valence-corrected chi connectivity index (χ3v) is 4.53. The maximum Gasteiger partial charge on any atom is 0.350 e. The van der Waals surface area contributed by atoms with E-state index in [1.165, 1.54) is 18.2 Å². The summed E-state index contributed by atoms with van der Waals surface area (Å²) in [4.78, 5) is 33.0. The SMILES string of the molecule is Cc1nc(-c2ccccn2)sc1C(=O)OCC(=O)c1ccccc1F. The molecule has 0 N–H and O–H groups in total. The Bertz CT molecular complexity index is 925. The summed E-state index contributed by atoms with van der Waals surface area (Å²) >= 11 is 1.14. The van der Waals surface area contributed by atoms with Crippen LogP contribution in [0.5, 0.6) is 0 Å². The number of hydrogen-bond acceptors (Lipinski definition) is 6. The van der Waals surface area contributed by atoms with E-state index in [2.05, 4.69) is 9.97 Å². The summed E-state index contributed by atoms with van der Waals surface area (Å²) in [5.74, 6) is -1.91. The van der Waals surface area contributed by atoms with E-state index in [-0.39, 0.29) is 5.56 Å². The number of halogens is 1. The summed E-state index contributed by atoms with van der Waals surface area (Å²) in [5.41, 5.74) is 1.04. The van der Waals surface area contributed by atoms with Crippen molar-refractivity contribution < 1.29 is 18.7 Å². The van der Waals surface area contributed by atoms with Gasteiger partial charge in [0.15, 0.2) is 6.61 Å². The summed E-state index contributed by atoms with van der Waals surface area (Å²) in [6.07, 6.45) is 1.64. The highest BCUT2D eigenvalue weighted by molar-refractivity contribution is 7.17. The van der Waals surface area contributed by atoms with E-state index in [4.69, 9.17) is 4.74 Å². The molecule has 0 bridgehead atoms. The number of nitrogens with zero attached hydrogens (tertiary/aromatic N) is 2. The molecule has 0 amide bonds. The van der Waals surface area contributed by atoms with Gasteiger partial charge in [0.25, 0.3) is 0 Å². The maximum absolute atomic E-state index is 13.6. The molecule has 2 heterocycles. The lowest BCUT2D eigenvalue weighted by Gasteiger charge is -2.04. The highest BCUT2D eigenvalue weighted by atomic mass is 32.1. The smallest absolute Gasteiger partial charge is 0.350 e. The van der Waals surface area contributed by atoms with Crippen LogP contribution in [0, 0.1) is 12.7 Å². The molecule has 0 saturated heterocycles. The zero-order valence-corrected chi connectivity index (χ0v) is 14.0. The molecule has 0 aliphatic heterocycles. The fourth-order valence-electron chi connectivity index (χ4n) is 2.15. The number of aryl methyl sites for hydroxylation is 1. The molecule has 126 valence electrons. The molecule has 0 spiro atoms. The Morgan fingerprint density at radius 1 is 1.16 bits per heavy atom. The third kappa shape index (κ3) is 3.77. The number of benzene rings is 1. The zero-order valence-electron chi connectivity index (χ0n) is 13.2. The lowest BCUT2D eigenvalue weighted by molar-refractivity contribution is 0.0477. The van der Waals surface area contributed by atoms with Gasteiger partial charge in [-0.25, -0.2) is 14.2 Å². The van der Waals surface area contributed by atoms with Crippen molar-refractivity contribution in [2.24, 2.45) is 0 Å². The Labute approximate surface area is 147 Å². The molecule has 7 heteroatoms. The van der Waals surface area contributed by atoms with Gasteiger partial charge in [0.2, 0.25) is 5.78 Å². The second kappa shape index (κ2) is 7.31. The topological polar surface area (TPSA) is 69.2 Å². The molecule has 0 unspecified atom stereocenters. The molecule has 3 aromatic rings. The Kier molecular flexibility index (Phi) is 4.95. The number of aromatic nitrogens is 2.